The summed E-state index contributed by atoms with van der Waals surface area (Å²) in [4.78, 5) is 26.8. The normalized spacial score (nSPS) is 15.8. The van der Waals surface area contributed by atoms with Gasteiger partial charge in [-0.2, -0.15) is 0 Å². The van der Waals surface area contributed by atoms with Gasteiger partial charge in [0.25, 0.3) is 5.91 Å². The number of ether oxygens (including phenoxy) is 3. The van der Waals surface area contributed by atoms with Crippen molar-refractivity contribution in [3.05, 3.63) is 94.3 Å². The van der Waals surface area contributed by atoms with Crippen LogP contribution in [0.1, 0.15) is 62.5 Å². The zero-order valence-corrected chi connectivity index (χ0v) is 23.0. The Labute approximate surface area is 234 Å². The number of rotatable bonds is 12. The Hall–Kier alpha value is -4.26. The third-order valence-corrected chi connectivity index (χ3v) is 7.28. The van der Waals surface area contributed by atoms with Crippen molar-refractivity contribution >= 4 is 22.6 Å². The molecule has 7 heteroatoms. The molecule has 5 rings (SSSR count). The molecule has 0 aliphatic carbocycles. The van der Waals surface area contributed by atoms with Crippen molar-refractivity contribution in [2.45, 2.75) is 57.5 Å². The van der Waals surface area contributed by atoms with Gasteiger partial charge in [0, 0.05) is 5.69 Å². The highest BCUT2D eigenvalue weighted by atomic mass is 16.5. The van der Waals surface area contributed by atoms with Gasteiger partial charge in [-0.05, 0) is 60.5 Å². The number of unbranched alkanes of at least 4 members (excludes halogenated alkanes) is 5. The molecule has 0 unspecified atom stereocenters. The lowest BCUT2D eigenvalue weighted by atomic mass is 9.88. The number of carbonyl (C=O) groups is 1. The highest BCUT2D eigenvalue weighted by molar-refractivity contribution is 5.97. The average molecular weight is 542 g/mol. The summed E-state index contributed by atoms with van der Waals surface area (Å²) in [5.74, 6) is 0.805. The number of benzene rings is 3. The molecule has 0 saturated heterocycles. The minimum atomic E-state index is -0.972. The number of para-hydroxylation sites is 1. The van der Waals surface area contributed by atoms with Crippen LogP contribution in [0.3, 0.4) is 0 Å². The Morgan fingerprint density at radius 2 is 1.57 bits per heavy atom. The Morgan fingerprint density at radius 3 is 2.33 bits per heavy atom. The van der Waals surface area contributed by atoms with Gasteiger partial charge in [-0.3, -0.25) is 4.79 Å². The van der Waals surface area contributed by atoms with E-state index >= 15 is 0 Å². The maximum atomic E-state index is 13.6. The first kappa shape index (κ1) is 27.3. The standard InChI is InChI=1S/C33H35NO6/c1-3-4-5-6-7-10-21-38-25-17-13-22(14-18-25)28-29-30(26-11-8-9-12-27(26)39-33(29)36)40-31(28)32(35)34-23-15-19-24(37-2)20-16-23/h8-9,11-20,28,31H,3-7,10,21H2,1-2H3,(H,34,35)/t28-,31-/m1/s1. The molecule has 208 valence electrons. The third-order valence-electron chi connectivity index (χ3n) is 7.28. The van der Waals surface area contributed by atoms with Crippen molar-refractivity contribution in [3.8, 4) is 17.2 Å². The molecule has 1 N–H and O–H groups in total. The molecule has 0 saturated carbocycles. The Kier molecular flexibility index (Phi) is 8.69. The highest BCUT2D eigenvalue weighted by Crippen LogP contribution is 2.44. The number of carbonyl (C=O) groups excluding carboxylic acids is 1. The van der Waals surface area contributed by atoms with E-state index in [1.165, 1.54) is 25.7 Å². The second-order valence-electron chi connectivity index (χ2n) is 10.0. The average Bonchev–Trinajstić information content (AvgIpc) is 3.39. The number of anilines is 1. The molecule has 0 fully saturated rings. The minimum Gasteiger partial charge on any atom is -0.497 e. The van der Waals surface area contributed by atoms with Crippen molar-refractivity contribution in [2.75, 3.05) is 19.0 Å². The zero-order valence-electron chi connectivity index (χ0n) is 23.0. The van der Waals surface area contributed by atoms with Crippen LogP contribution < -0.4 is 25.2 Å². The van der Waals surface area contributed by atoms with Crippen molar-refractivity contribution in [1.82, 2.24) is 0 Å². The van der Waals surface area contributed by atoms with Crippen molar-refractivity contribution in [2.24, 2.45) is 0 Å². The van der Waals surface area contributed by atoms with Gasteiger partial charge < -0.3 is 23.9 Å². The molecule has 2 atom stereocenters. The summed E-state index contributed by atoms with van der Waals surface area (Å²) in [7, 11) is 1.59. The fourth-order valence-corrected chi connectivity index (χ4v) is 5.16. The fraction of sp³-hybridized carbons (Fsp3) is 0.333. The first-order chi connectivity index (χ1) is 19.6. The van der Waals surface area contributed by atoms with Crippen LogP contribution in [0.25, 0.3) is 11.0 Å². The SMILES string of the molecule is CCCCCCCCOc1ccc([C@@H]2c3c(c4ccccc4oc3=O)O[C@H]2C(=O)Nc2ccc(OC)cc2)cc1. The van der Waals surface area contributed by atoms with E-state index in [0.717, 1.165) is 24.2 Å². The molecule has 1 aliphatic rings. The molecule has 1 aromatic heterocycles. The van der Waals surface area contributed by atoms with Crippen LogP contribution in [0.2, 0.25) is 0 Å². The highest BCUT2D eigenvalue weighted by Gasteiger charge is 2.44. The van der Waals surface area contributed by atoms with Crippen molar-refractivity contribution in [3.63, 3.8) is 0 Å². The van der Waals surface area contributed by atoms with Crippen LogP contribution in [0.5, 0.6) is 17.2 Å². The minimum absolute atomic E-state index is 0.342. The van der Waals surface area contributed by atoms with Crippen LogP contribution >= 0.6 is 0 Å². The Morgan fingerprint density at radius 1 is 0.875 bits per heavy atom. The number of nitrogens with one attached hydrogen (secondary N) is 1. The van der Waals surface area contributed by atoms with Gasteiger partial charge in [0.2, 0.25) is 0 Å². The molecule has 0 radical (unpaired) electrons. The quantitative estimate of drug-likeness (QED) is 0.152. The molecule has 7 nitrogen and oxygen atoms in total. The molecule has 4 aromatic rings. The number of amides is 1. The second-order valence-corrected chi connectivity index (χ2v) is 10.0. The van der Waals surface area contributed by atoms with Gasteiger partial charge >= 0.3 is 5.63 Å². The zero-order chi connectivity index (χ0) is 27.9. The van der Waals surface area contributed by atoms with Crippen LogP contribution in [0.4, 0.5) is 5.69 Å². The molecule has 0 spiro atoms. The lowest BCUT2D eigenvalue weighted by molar-refractivity contribution is -0.122. The largest absolute Gasteiger partial charge is 0.497 e. The van der Waals surface area contributed by atoms with Gasteiger partial charge in [-0.15, -0.1) is 0 Å². The number of methoxy groups -OCH3 is 1. The van der Waals surface area contributed by atoms with E-state index in [1.54, 1.807) is 43.5 Å². The summed E-state index contributed by atoms with van der Waals surface area (Å²) in [6, 6.07) is 21.8. The molecule has 40 heavy (non-hydrogen) atoms. The van der Waals surface area contributed by atoms with Gasteiger partial charge in [-0.25, -0.2) is 4.79 Å². The molecule has 1 aliphatic heterocycles. The summed E-state index contributed by atoms with van der Waals surface area (Å²) < 4.78 is 23.1. The Balaban J connectivity index is 1.39. The van der Waals surface area contributed by atoms with Crippen LogP contribution in [0, 0.1) is 0 Å². The van der Waals surface area contributed by atoms with E-state index in [4.69, 9.17) is 18.6 Å². The first-order valence-corrected chi connectivity index (χ1v) is 14.0. The monoisotopic (exact) mass is 541 g/mol. The van der Waals surface area contributed by atoms with E-state index < -0.39 is 17.6 Å². The predicted molar refractivity (Wildman–Crippen MR) is 156 cm³/mol. The lowest BCUT2D eigenvalue weighted by Crippen LogP contribution is -2.35. The molecule has 3 aromatic carbocycles. The predicted octanol–water partition coefficient (Wildman–Crippen LogP) is 7.07. The van der Waals surface area contributed by atoms with Crippen LogP contribution in [0.15, 0.2) is 82.0 Å². The van der Waals surface area contributed by atoms with E-state index in [2.05, 4.69) is 12.2 Å². The summed E-state index contributed by atoms with van der Waals surface area (Å²) in [5, 5.41) is 3.58. The number of fused-ring (bicyclic) bond motifs is 3. The molecule has 0 bridgehead atoms. The fourth-order valence-electron chi connectivity index (χ4n) is 5.16. The summed E-state index contributed by atoms with van der Waals surface area (Å²) >= 11 is 0. The molecule has 1 amide bonds. The van der Waals surface area contributed by atoms with E-state index in [0.29, 0.717) is 40.3 Å². The van der Waals surface area contributed by atoms with Crippen molar-refractivity contribution in [1.29, 1.82) is 0 Å². The maximum Gasteiger partial charge on any atom is 0.344 e. The summed E-state index contributed by atoms with van der Waals surface area (Å²) in [5.41, 5.74) is 1.61. The van der Waals surface area contributed by atoms with Gasteiger partial charge in [0.1, 0.15) is 22.8 Å². The van der Waals surface area contributed by atoms with Crippen LogP contribution in [-0.4, -0.2) is 25.7 Å². The first-order valence-electron chi connectivity index (χ1n) is 14.0. The van der Waals surface area contributed by atoms with E-state index in [9.17, 15) is 9.59 Å². The molecular formula is C33H35NO6. The molecule has 2 heterocycles. The number of hydrogen-bond acceptors (Lipinski definition) is 6. The Bertz CT molecular complexity index is 1490. The maximum absolute atomic E-state index is 13.6. The van der Waals surface area contributed by atoms with Crippen molar-refractivity contribution < 1.29 is 23.4 Å². The smallest absolute Gasteiger partial charge is 0.344 e. The van der Waals surface area contributed by atoms with Gasteiger partial charge in [-0.1, -0.05) is 63.3 Å². The van der Waals surface area contributed by atoms with Gasteiger partial charge in [0.15, 0.2) is 6.10 Å². The van der Waals surface area contributed by atoms with Gasteiger partial charge in [0.05, 0.1) is 30.6 Å². The number of hydrogen-bond donors (Lipinski definition) is 1. The third kappa shape index (κ3) is 5.98. The summed E-state index contributed by atoms with van der Waals surface area (Å²) in [6.45, 7) is 2.87. The van der Waals surface area contributed by atoms with E-state index in [-0.39, 0.29) is 5.91 Å². The second kappa shape index (κ2) is 12.7. The lowest BCUT2D eigenvalue weighted by Gasteiger charge is -2.19. The van der Waals surface area contributed by atoms with E-state index in [1.807, 2.05) is 36.4 Å². The summed E-state index contributed by atoms with van der Waals surface area (Å²) in [6.07, 6.45) is 6.22. The molecular weight excluding hydrogens is 506 g/mol. The topological polar surface area (TPSA) is 87.0 Å². The van der Waals surface area contributed by atoms with Crippen LogP contribution in [-0.2, 0) is 4.79 Å².